The number of rotatable bonds is 7. The molecule has 160 valence electrons. The normalized spacial score (nSPS) is 15.5. The summed E-state index contributed by atoms with van der Waals surface area (Å²) in [5.41, 5.74) is 0.695. The minimum Gasteiger partial charge on any atom is -0.468 e. The van der Waals surface area contributed by atoms with E-state index in [4.69, 9.17) is 4.42 Å². The van der Waals surface area contributed by atoms with E-state index in [0.717, 1.165) is 42.1 Å². The SMILES string of the molecule is O=C(Cn1cnc2scc(-c3cccs3)c2c1=O)NC[C@@H](c1ccco1)N1CCCC1. The number of likely N-dealkylation sites (tertiary alicyclic amines) is 1. The fourth-order valence-corrected chi connectivity index (χ4v) is 5.78. The van der Waals surface area contributed by atoms with Gasteiger partial charge in [0.1, 0.15) is 17.1 Å². The highest BCUT2D eigenvalue weighted by atomic mass is 32.1. The first-order valence-corrected chi connectivity index (χ1v) is 12.0. The molecule has 7 nitrogen and oxygen atoms in total. The molecule has 0 saturated carbocycles. The molecule has 0 spiro atoms. The topological polar surface area (TPSA) is 80.4 Å². The minimum atomic E-state index is -0.216. The number of amides is 1. The fraction of sp³-hybridized carbons (Fsp3) is 0.318. The maximum Gasteiger partial charge on any atom is 0.263 e. The van der Waals surface area contributed by atoms with E-state index >= 15 is 0 Å². The Labute approximate surface area is 186 Å². The van der Waals surface area contributed by atoms with Crippen LogP contribution in [-0.4, -0.2) is 40.0 Å². The van der Waals surface area contributed by atoms with Gasteiger partial charge in [-0.15, -0.1) is 22.7 Å². The second-order valence-corrected chi connectivity index (χ2v) is 9.37. The fourth-order valence-electron chi connectivity index (χ4n) is 4.06. The number of carbonyl (C=O) groups excluding carboxylic acids is 1. The number of furan rings is 1. The Morgan fingerprint density at radius 2 is 2.10 bits per heavy atom. The molecule has 0 bridgehead atoms. The van der Waals surface area contributed by atoms with Crippen molar-refractivity contribution in [2.24, 2.45) is 0 Å². The number of nitrogens with one attached hydrogen (secondary N) is 1. The molecule has 0 unspecified atom stereocenters. The molecule has 4 aromatic rings. The largest absolute Gasteiger partial charge is 0.468 e. The van der Waals surface area contributed by atoms with E-state index in [2.05, 4.69) is 15.2 Å². The molecule has 5 rings (SSSR count). The molecule has 0 radical (unpaired) electrons. The Balaban J connectivity index is 1.32. The molecule has 1 saturated heterocycles. The summed E-state index contributed by atoms with van der Waals surface area (Å²) < 4.78 is 7.00. The van der Waals surface area contributed by atoms with Crippen molar-refractivity contribution < 1.29 is 9.21 Å². The molecule has 9 heteroatoms. The van der Waals surface area contributed by atoms with E-state index < -0.39 is 0 Å². The first-order chi connectivity index (χ1) is 15.2. The van der Waals surface area contributed by atoms with E-state index in [1.807, 2.05) is 35.0 Å². The van der Waals surface area contributed by atoms with Gasteiger partial charge in [-0.05, 0) is 49.5 Å². The van der Waals surface area contributed by atoms with Crippen molar-refractivity contribution in [2.75, 3.05) is 19.6 Å². The third kappa shape index (κ3) is 4.08. The van der Waals surface area contributed by atoms with Gasteiger partial charge in [-0.3, -0.25) is 19.1 Å². The lowest BCUT2D eigenvalue weighted by Gasteiger charge is -2.26. The van der Waals surface area contributed by atoms with Crippen LogP contribution in [0.2, 0.25) is 0 Å². The summed E-state index contributed by atoms with van der Waals surface area (Å²) in [7, 11) is 0. The zero-order chi connectivity index (χ0) is 21.2. The summed E-state index contributed by atoms with van der Waals surface area (Å²) in [5.74, 6) is 0.633. The van der Waals surface area contributed by atoms with Gasteiger partial charge in [0.15, 0.2) is 0 Å². The van der Waals surface area contributed by atoms with Crippen LogP contribution in [0.3, 0.4) is 0 Å². The molecule has 0 aliphatic carbocycles. The summed E-state index contributed by atoms with van der Waals surface area (Å²) >= 11 is 3.03. The van der Waals surface area contributed by atoms with Crippen LogP contribution in [0, 0.1) is 0 Å². The molecule has 1 aliphatic heterocycles. The molecular formula is C22H22N4O3S2. The predicted molar refractivity (Wildman–Crippen MR) is 122 cm³/mol. The van der Waals surface area contributed by atoms with Crippen molar-refractivity contribution in [2.45, 2.75) is 25.4 Å². The Kier molecular flexibility index (Phi) is 5.71. The third-order valence-corrected chi connectivity index (χ3v) is 7.40. The number of thiophene rings is 2. The Morgan fingerprint density at radius 3 is 2.84 bits per heavy atom. The van der Waals surface area contributed by atoms with Crippen molar-refractivity contribution in [1.29, 1.82) is 0 Å². The molecule has 1 amide bonds. The minimum absolute atomic E-state index is 0.00100. The Bertz CT molecular complexity index is 1220. The average Bonchev–Trinajstić information content (AvgIpc) is 3.56. The van der Waals surface area contributed by atoms with Crippen LogP contribution in [0.5, 0.6) is 0 Å². The van der Waals surface area contributed by atoms with Crippen LogP contribution in [-0.2, 0) is 11.3 Å². The number of fused-ring (bicyclic) bond motifs is 1. The van der Waals surface area contributed by atoms with Gasteiger partial charge in [0.2, 0.25) is 5.91 Å². The van der Waals surface area contributed by atoms with Crippen LogP contribution in [0.25, 0.3) is 20.7 Å². The van der Waals surface area contributed by atoms with E-state index in [1.54, 1.807) is 17.6 Å². The predicted octanol–water partition coefficient (Wildman–Crippen LogP) is 3.73. The zero-order valence-electron chi connectivity index (χ0n) is 16.8. The number of aromatic nitrogens is 2. The van der Waals surface area contributed by atoms with Crippen molar-refractivity contribution in [3.05, 3.63) is 63.7 Å². The molecular weight excluding hydrogens is 432 g/mol. The van der Waals surface area contributed by atoms with Crippen LogP contribution in [0.15, 0.2) is 56.8 Å². The number of nitrogens with zero attached hydrogens (tertiary/aromatic N) is 3. The van der Waals surface area contributed by atoms with E-state index in [-0.39, 0.29) is 24.1 Å². The highest BCUT2D eigenvalue weighted by Gasteiger charge is 2.26. The van der Waals surface area contributed by atoms with Gasteiger partial charge in [0.05, 0.1) is 24.0 Å². The van der Waals surface area contributed by atoms with Gasteiger partial charge < -0.3 is 9.73 Å². The van der Waals surface area contributed by atoms with Gasteiger partial charge in [-0.25, -0.2) is 4.98 Å². The van der Waals surface area contributed by atoms with Gasteiger partial charge >= 0.3 is 0 Å². The number of carbonyl (C=O) groups is 1. The first-order valence-electron chi connectivity index (χ1n) is 10.3. The molecule has 1 N–H and O–H groups in total. The van der Waals surface area contributed by atoms with Crippen LogP contribution in [0.4, 0.5) is 0 Å². The lowest BCUT2D eigenvalue weighted by molar-refractivity contribution is -0.122. The maximum absolute atomic E-state index is 13.1. The maximum atomic E-state index is 13.1. The summed E-state index contributed by atoms with van der Waals surface area (Å²) in [6.45, 7) is 2.36. The van der Waals surface area contributed by atoms with Gasteiger partial charge in [0.25, 0.3) is 5.56 Å². The summed E-state index contributed by atoms with van der Waals surface area (Å²) in [6, 6.07) is 7.76. The number of hydrogen-bond acceptors (Lipinski definition) is 7. The van der Waals surface area contributed by atoms with Gasteiger partial charge in [-0.2, -0.15) is 0 Å². The molecule has 0 aromatic carbocycles. The van der Waals surface area contributed by atoms with E-state index in [9.17, 15) is 9.59 Å². The zero-order valence-corrected chi connectivity index (χ0v) is 18.5. The van der Waals surface area contributed by atoms with Crippen molar-refractivity contribution in [3.8, 4) is 10.4 Å². The second kappa shape index (κ2) is 8.78. The molecule has 1 aliphatic rings. The van der Waals surface area contributed by atoms with Gasteiger partial charge in [-0.1, -0.05) is 6.07 Å². The molecule has 1 fully saturated rings. The van der Waals surface area contributed by atoms with Crippen LogP contribution < -0.4 is 10.9 Å². The Morgan fingerprint density at radius 1 is 1.23 bits per heavy atom. The van der Waals surface area contributed by atoms with Crippen molar-refractivity contribution in [3.63, 3.8) is 0 Å². The third-order valence-electron chi connectivity index (χ3n) is 5.61. The van der Waals surface area contributed by atoms with Crippen LogP contribution >= 0.6 is 22.7 Å². The average molecular weight is 455 g/mol. The highest BCUT2D eigenvalue weighted by Crippen LogP contribution is 2.33. The molecule has 1 atom stereocenters. The lowest BCUT2D eigenvalue weighted by atomic mass is 10.2. The smallest absolute Gasteiger partial charge is 0.263 e. The quantitative estimate of drug-likeness (QED) is 0.460. The standard InChI is InChI=1S/C22H22N4O3S2/c27-19(23-11-16(17-5-3-9-29-17)25-7-1-2-8-25)12-26-14-24-21-20(22(26)28)15(13-31-21)18-6-4-10-30-18/h3-6,9-10,13-14,16H,1-2,7-8,11-12H2,(H,23,27)/t16-/m0/s1. The second-order valence-electron chi connectivity index (χ2n) is 7.56. The van der Waals surface area contributed by atoms with Crippen molar-refractivity contribution >= 4 is 38.8 Å². The van der Waals surface area contributed by atoms with E-state index in [1.165, 1.54) is 22.2 Å². The lowest BCUT2D eigenvalue weighted by Crippen LogP contribution is -2.39. The highest BCUT2D eigenvalue weighted by molar-refractivity contribution is 7.18. The summed E-state index contributed by atoms with van der Waals surface area (Å²) in [6.07, 6.45) is 5.43. The van der Waals surface area contributed by atoms with Gasteiger partial charge in [0, 0.05) is 22.4 Å². The van der Waals surface area contributed by atoms with Crippen molar-refractivity contribution in [1.82, 2.24) is 19.8 Å². The van der Waals surface area contributed by atoms with Crippen LogP contribution in [0.1, 0.15) is 24.6 Å². The summed E-state index contributed by atoms with van der Waals surface area (Å²) in [5, 5.41) is 7.50. The number of hydrogen-bond donors (Lipinski definition) is 1. The molecule has 5 heterocycles. The molecule has 4 aromatic heterocycles. The monoisotopic (exact) mass is 454 g/mol. The first kappa shape index (κ1) is 20.2. The Hall–Kier alpha value is -2.75. The van der Waals surface area contributed by atoms with E-state index in [0.29, 0.717) is 16.8 Å². The summed E-state index contributed by atoms with van der Waals surface area (Å²) in [4.78, 5) is 34.3. The molecule has 31 heavy (non-hydrogen) atoms.